The van der Waals surface area contributed by atoms with Gasteiger partial charge in [-0.2, -0.15) is 0 Å². The van der Waals surface area contributed by atoms with Gasteiger partial charge < -0.3 is 8.85 Å². The Morgan fingerprint density at radius 2 is 1.16 bits per heavy atom. The quantitative estimate of drug-likeness (QED) is 0.189. The standard InChI is InChI=1S/C33H64O2Si2/c1-16-29-28(15)19-30-32(35-37(24(8)9,25(10)11)26(12)13)18-17-27(14)33(30)31(29)20-34-36(21(2)3,22(4)5)23(6)7/h1,21-33H,17-20H2,2-15H3/t27-,28+,29+,30-,31+,32-,33+/m0/s1. The van der Waals surface area contributed by atoms with Crippen LogP contribution in [0.3, 0.4) is 0 Å². The molecule has 0 N–H and O–H groups in total. The van der Waals surface area contributed by atoms with E-state index >= 15 is 0 Å². The van der Waals surface area contributed by atoms with Crippen LogP contribution in [-0.4, -0.2) is 29.3 Å². The first-order chi connectivity index (χ1) is 17.1. The summed E-state index contributed by atoms with van der Waals surface area (Å²) in [6, 6.07) is 0. The normalized spacial score (nSPS) is 31.6. The van der Waals surface area contributed by atoms with Crippen LogP contribution in [0.1, 0.15) is 116 Å². The number of rotatable bonds is 11. The van der Waals surface area contributed by atoms with Crippen molar-refractivity contribution in [2.75, 3.05) is 6.61 Å². The second-order valence-electron chi connectivity index (χ2n) is 15.0. The van der Waals surface area contributed by atoms with Gasteiger partial charge in [-0.3, -0.25) is 0 Å². The summed E-state index contributed by atoms with van der Waals surface area (Å²) in [5.41, 5.74) is 3.67. The zero-order valence-corrected chi connectivity index (χ0v) is 29.2. The van der Waals surface area contributed by atoms with Gasteiger partial charge in [-0.05, 0) is 82.1 Å². The second-order valence-corrected chi connectivity index (χ2v) is 25.8. The van der Waals surface area contributed by atoms with E-state index in [1.54, 1.807) is 0 Å². The molecule has 4 heteroatoms. The van der Waals surface area contributed by atoms with Gasteiger partial charge >= 0.3 is 0 Å². The van der Waals surface area contributed by atoms with E-state index in [1.807, 2.05) is 0 Å². The summed E-state index contributed by atoms with van der Waals surface area (Å²) in [4.78, 5) is 0. The molecule has 0 bridgehead atoms. The third kappa shape index (κ3) is 6.16. The minimum Gasteiger partial charge on any atom is -0.416 e. The van der Waals surface area contributed by atoms with Crippen LogP contribution >= 0.6 is 0 Å². The van der Waals surface area contributed by atoms with Crippen LogP contribution in [0, 0.1) is 47.9 Å². The summed E-state index contributed by atoms with van der Waals surface area (Å²) in [6.07, 6.45) is 10.4. The highest BCUT2D eigenvalue weighted by atomic mass is 28.4. The molecule has 2 fully saturated rings. The Balaban J connectivity index is 2.47. The van der Waals surface area contributed by atoms with Crippen LogP contribution < -0.4 is 0 Å². The summed E-state index contributed by atoms with van der Waals surface area (Å²) < 4.78 is 14.9. The summed E-state index contributed by atoms with van der Waals surface area (Å²) in [5.74, 6) is 6.47. The van der Waals surface area contributed by atoms with Gasteiger partial charge in [0.2, 0.25) is 8.32 Å². The summed E-state index contributed by atoms with van der Waals surface area (Å²) >= 11 is 0. The number of hydrogen-bond donors (Lipinski definition) is 0. The fourth-order valence-electron chi connectivity index (χ4n) is 9.85. The predicted octanol–water partition coefficient (Wildman–Crippen LogP) is 10.3. The summed E-state index contributed by atoms with van der Waals surface area (Å²) in [5, 5.41) is 0. The van der Waals surface area contributed by atoms with E-state index in [0.717, 1.165) is 6.61 Å². The highest BCUT2D eigenvalue weighted by Crippen LogP contribution is 2.55. The third-order valence-electron chi connectivity index (χ3n) is 11.2. The number of hydrogen-bond acceptors (Lipinski definition) is 2. The second kappa shape index (κ2) is 13.1. The van der Waals surface area contributed by atoms with Crippen LogP contribution in [0.4, 0.5) is 0 Å². The van der Waals surface area contributed by atoms with Gasteiger partial charge in [0.05, 0.1) is 0 Å². The predicted molar refractivity (Wildman–Crippen MR) is 168 cm³/mol. The molecule has 37 heavy (non-hydrogen) atoms. The maximum absolute atomic E-state index is 7.56. The number of terminal acetylenes is 1. The molecule has 0 unspecified atom stereocenters. The molecule has 0 aromatic heterocycles. The van der Waals surface area contributed by atoms with Crippen LogP contribution in [0.5, 0.6) is 0 Å². The van der Waals surface area contributed by atoms with Crippen LogP contribution in [0.2, 0.25) is 33.2 Å². The third-order valence-corrected chi connectivity index (χ3v) is 23.4. The first-order valence-electron chi connectivity index (χ1n) is 15.9. The topological polar surface area (TPSA) is 18.5 Å². The van der Waals surface area contributed by atoms with Gasteiger partial charge in [0, 0.05) is 18.6 Å². The monoisotopic (exact) mass is 548 g/mol. The van der Waals surface area contributed by atoms with Crippen LogP contribution in [0.15, 0.2) is 0 Å². The molecule has 0 saturated heterocycles. The Morgan fingerprint density at radius 1 is 0.703 bits per heavy atom. The van der Waals surface area contributed by atoms with Crippen molar-refractivity contribution in [2.24, 2.45) is 35.5 Å². The lowest BCUT2D eigenvalue weighted by Crippen LogP contribution is -2.57. The van der Waals surface area contributed by atoms with Crippen molar-refractivity contribution in [1.29, 1.82) is 0 Å². The smallest absolute Gasteiger partial charge is 0.200 e. The largest absolute Gasteiger partial charge is 0.416 e. The summed E-state index contributed by atoms with van der Waals surface area (Å²) in [6.45, 7) is 34.7. The molecule has 216 valence electrons. The Morgan fingerprint density at radius 3 is 1.57 bits per heavy atom. The highest BCUT2D eigenvalue weighted by molar-refractivity contribution is 6.78. The van der Waals surface area contributed by atoms with E-state index in [9.17, 15) is 0 Å². The molecule has 2 aliphatic carbocycles. The molecule has 0 heterocycles. The van der Waals surface area contributed by atoms with Gasteiger partial charge in [-0.25, -0.2) is 0 Å². The highest BCUT2D eigenvalue weighted by Gasteiger charge is 2.54. The maximum Gasteiger partial charge on any atom is 0.200 e. The average Bonchev–Trinajstić information content (AvgIpc) is 2.77. The van der Waals surface area contributed by atoms with E-state index in [1.165, 1.54) is 19.3 Å². The Labute approximate surface area is 235 Å². The van der Waals surface area contributed by atoms with Gasteiger partial charge in [0.15, 0.2) is 8.32 Å². The minimum absolute atomic E-state index is 0.308. The molecular weight excluding hydrogens is 485 g/mol. The van der Waals surface area contributed by atoms with Crippen LogP contribution in [-0.2, 0) is 8.85 Å². The molecule has 7 atom stereocenters. The Kier molecular flexibility index (Phi) is 11.7. The lowest BCUT2D eigenvalue weighted by molar-refractivity contribution is -0.0773. The zero-order valence-electron chi connectivity index (χ0n) is 27.2. The van der Waals surface area contributed by atoms with Gasteiger partial charge in [0.1, 0.15) is 0 Å². The SMILES string of the molecule is C#C[C@H]1[C@@H](CO[Si](C(C)C)(C(C)C)C(C)C)[C@H]2[C@@H](C[C@H]1C)[C@@H](O[Si](C(C)C)(C(C)C)C(C)C)CC[C@@H]2C. The van der Waals surface area contributed by atoms with Crippen molar-refractivity contribution in [3.63, 3.8) is 0 Å². The van der Waals surface area contributed by atoms with E-state index < -0.39 is 16.6 Å². The fourth-order valence-corrected chi connectivity index (χ4v) is 21.0. The van der Waals surface area contributed by atoms with Crippen LogP contribution in [0.25, 0.3) is 0 Å². The Hall–Kier alpha value is -0.0862. The van der Waals surface area contributed by atoms with Crippen molar-refractivity contribution in [2.45, 2.75) is 156 Å². The molecule has 0 aromatic rings. The molecule has 2 aliphatic rings. The maximum atomic E-state index is 7.56. The molecule has 0 aliphatic heterocycles. The van der Waals surface area contributed by atoms with Crippen molar-refractivity contribution in [1.82, 2.24) is 0 Å². The first-order valence-corrected chi connectivity index (χ1v) is 20.1. The molecule has 0 aromatic carbocycles. The van der Waals surface area contributed by atoms with Crippen molar-refractivity contribution < 1.29 is 8.85 Å². The molecule has 0 radical (unpaired) electrons. The van der Waals surface area contributed by atoms with E-state index in [-0.39, 0.29) is 0 Å². The molecular formula is C33H64O2Si2. The molecule has 0 amide bonds. The Bertz CT molecular complexity index is 706. The summed E-state index contributed by atoms with van der Waals surface area (Å²) in [7, 11) is -3.89. The number of fused-ring (bicyclic) bond motifs is 1. The van der Waals surface area contributed by atoms with Crippen molar-refractivity contribution in [3.8, 4) is 12.3 Å². The molecule has 2 nitrogen and oxygen atoms in total. The average molecular weight is 549 g/mol. The van der Waals surface area contributed by atoms with Crippen molar-refractivity contribution in [3.05, 3.63) is 0 Å². The lowest BCUT2D eigenvalue weighted by atomic mass is 9.55. The minimum atomic E-state index is -1.95. The van der Waals surface area contributed by atoms with E-state index in [2.05, 4.69) is 103 Å². The first kappa shape index (κ1) is 33.1. The molecule has 0 spiro atoms. The molecule has 2 saturated carbocycles. The van der Waals surface area contributed by atoms with E-state index in [4.69, 9.17) is 15.3 Å². The van der Waals surface area contributed by atoms with Gasteiger partial charge in [-0.15, -0.1) is 12.3 Å². The van der Waals surface area contributed by atoms with Gasteiger partial charge in [0.25, 0.3) is 0 Å². The zero-order chi connectivity index (χ0) is 28.5. The lowest BCUT2D eigenvalue weighted by Gasteiger charge is -2.56. The fraction of sp³-hybridized carbons (Fsp3) is 0.939. The van der Waals surface area contributed by atoms with Crippen molar-refractivity contribution >= 4 is 16.6 Å². The van der Waals surface area contributed by atoms with E-state index in [0.29, 0.717) is 74.9 Å². The van der Waals surface area contributed by atoms with Gasteiger partial charge in [-0.1, -0.05) is 96.9 Å². The molecule has 2 rings (SSSR count).